The first kappa shape index (κ1) is 17.2. The van der Waals surface area contributed by atoms with Crippen molar-refractivity contribution in [2.75, 3.05) is 17.6 Å². The van der Waals surface area contributed by atoms with Crippen LogP contribution in [0.1, 0.15) is 16.1 Å². The fraction of sp³-hybridized carbons (Fsp3) is 0.105. The van der Waals surface area contributed by atoms with Crippen LogP contribution in [-0.2, 0) is 4.79 Å². The van der Waals surface area contributed by atoms with Crippen LogP contribution in [0.4, 0.5) is 11.5 Å². The third-order valence-corrected chi connectivity index (χ3v) is 3.91. The molecule has 0 aliphatic heterocycles. The molecule has 0 atom stereocenters. The zero-order chi connectivity index (χ0) is 18.5. The minimum Gasteiger partial charge on any atom is -0.382 e. The van der Waals surface area contributed by atoms with E-state index in [0.717, 1.165) is 11.1 Å². The van der Waals surface area contributed by atoms with Gasteiger partial charge in [-0.1, -0.05) is 48.5 Å². The van der Waals surface area contributed by atoms with Crippen LogP contribution in [0.5, 0.6) is 0 Å². The number of carbonyl (C=O) groups excluding carboxylic acids is 2. The van der Waals surface area contributed by atoms with Crippen molar-refractivity contribution in [1.29, 1.82) is 0 Å². The lowest BCUT2D eigenvalue weighted by molar-refractivity contribution is -0.115. The monoisotopic (exact) mass is 349 g/mol. The molecule has 0 aliphatic carbocycles. The molecule has 0 fully saturated rings. The van der Waals surface area contributed by atoms with Crippen molar-refractivity contribution < 1.29 is 9.59 Å². The molecule has 0 aliphatic rings. The number of aromatic amines is 1. The lowest BCUT2D eigenvalue weighted by Gasteiger charge is -2.09. The number of rotatable bonds is 5. The topological polar surface area (TPSA) is 113 Å². The number of aryl methyl sites for hydroxylation is 1. The average molecular weight is 349 g/mol. The van der Waals surface area contributed by atoms with Crippen molar-refractivity contribution in [3.05, 3.63) is 65.9 Å². The Morgan fingerprint density at radius 3 is 2.50 bits per heavy atom. The predicted molar refractivity (Wildman–Crippen MR) is 101 cm³/mol. The van der Waals surface area contributed by atoms with Crippen LogP contribution in [0.3, 0.4) is 0 Å². The summed E-state index contributed by atoms with van der Waals surface area (Å²) in [4.78, 5) is 24.5. The van der Waals surface area contributed by atoms with Crippen molar-refractivity contribution in [2.24, 2.45) is 0 Å². The largest absolute Gasteiger partial charge is 0.382 e. The summed E-state index contributed by atoms with van der Waals surface area (Å²) in [6.45, 7) is 1.73. The number of hydrogen-bond donors (Lipinski definition) is 4. The Morgan fingerprint density at radius 1 is 1.08 bits per heavy atom. The summed E-state index contributed by atoms with van der Waals surface area (Å²) < 4.78 is 0. The van der Waals surface area contributed by atoms with Gasteiger partial charge in [-0.05, 0) is 24.1 Å². The number of carbonyl (C=O) groups is 2. The maximum atomic E-state index is 12.5. The van der Waals surface area contributed by atoms with Crippen molar-refractivity contribution in [3.63, 3.8) is 0 Å². The van der Waals surface area contributed by atoms with E-state index < -0.39 is 5.91 Å². The molecule has 0 radical (unpaired) electrons. The van der Waals surface area contributed by atoms with Crippen LogP contribution in [0.15, 0.2) is 54.6 Å². The molecule has 2 amide bonds. The molecular formula is C19H19N5O2. The van der Waals surface area contributed by atoms with Gasteiger partial charge >= 0.3 is 0 Å². The van der Waals surface area contributed by atoms with Crippen molar-refractivity contribution in [1.82, 2.24) is 15.5 Å². The number of nitrogens with zero attached hydrogens (tertiary/aromatic N) is 1. The lowest BCUT2D eigenvalue weighted by Crippen LogP contribution is -2.33. The highest BCUT2D eigenvalue weighted by Crippen LogP contribution is 2.27. The molecule has 0 bridgehead atoms. The standard InChI is InChI=1S/C19H19N5O2/c1-12-7-5-6-10-14(12)22-15(25)11-21-19(26)17-16(18(20)24-23-17)13-8-3-2-4-9-13/h2-10H,11H2,1H3,(H,21,26)(H,22,25)(H3,20,23,24). The van der Waals surface area contributed by atoms with Gasteiger partial charge in [-0.2, -0.15) is 5.10 Å². The van der Waals surface area contributed by atoms with E-state index in [-0.39, 0.29) is 24.0 Å². The molecule has 3 rings (SSSR count). The Balaban J connectivity index is 1.68. The highest BCUT2D eigenvalue weighted by atomic mass is 16.2. The van der Waals surface area contributed by atoms with Gasteiger partial charge in [-0.3, -0.25) is 14.7 Å². The Morgan fingerprint density at radius 2 is 1.77 bits per heavy atom. The minimum atomic E-state index is -0.451. The van der Waals surface area contributed by atoms with Crippen LogP contribution >= 0.6 is 0 Å². The minimum absolute atomic E-state index is 0.166. The normalized spacial score (nSPS) is 10.3. The maximum Gasteiger partial charge on any atom is 0.270 e. The summed E-state index contributed by atoms with van der Waals surface area (Å²) >= 11 is 0. The van der Waals surface area contributed by atoms with Crippen LogP contribution in [0.2, 0.25) is 0 Å². The number of H-pyrrole nitrogens is 1. The van der Waals surface area contributed by atoms with E-state index in [1.165, 1.54) is 0 Å². The lowest BCUT2D eigenvalue weighted by atomic mass is 10.1. The molecule has 5 N–H and O–H groups in total. The van der Waals surface area contributed by atoms with Gasteiger partial charge < -0.3 is 16.4 Å². The summed E-state index contributed by atoms with van der Waals surface area (Å²) in [5.74, 6) is -0.542. The van der Waals surface area contributed by atoms with Crippen LogP contribution in [0, 0.1) is 6.92 Å². The number of nitrogens with one attached hydrogen (secondary N) is 3. The van der Waals surface area contributed by atoms with Gasteiger partial charge in [0.15, 0.2) is 5.82 Å². The molecule has 7 heteroatoms. The van der Waals surface area contributed by atoms with E-state index in [9.17, 15) is 9.59 Å². The summed E-state index contributed by atoms with van der Waals surface area (Å²) in [7, 11) is 0. The first-order valence-electron chi connectivity index (χ1n) is 8.09. The molecule has 0 unspecified atom stereocenters. The van der Waals surface area contributed by atoms with Crippen LogP contribution < -0.4 is 16.4 Å². The molecule has 1 heterocycles. The van der Waals surface area contributed by atoms with Gasteiger partial charge in [0.25, 0.3) is 5.91 Å². The molecule has 7 nitrogen and oxygen atoms in total. The van der Waals surface area contributed by atoms with Gasteiger partial charge in [-0.25, -0.2) is 0 Å². The molecule has 26 heavy (non-hydrogen) atoms. The smallest absolute Gasteiger partial charge is 0.270 e. The molecule has 2 aromatic carbocycles. The van der Waals surface area contributed by atoms with Crippen molar-refractivity contribution in [3.8, 4) is 11.1 Å². The zero-order valence-electron chi connectivity index (χ0n) is 14.2. The van der Waals surface area contributed by atoms with Gasteiger partial charge in [0.2, 0.25) is 5.91 Å². The summed E-state index contributed by atoms with van der Waals surface area (Å²) in [6.07, 6.45) is 0. The highest BCUT2D eigenvalue weighted by Gasteiger charge is 2.19. The predicted octanol–water partition coefficient (Wildman–Crippen LogP) is 2.34. The van der Waals surface area contributed by atoms with Crippen LogP contribution in [-0.4, -0.2) is 28.6 Å². The molecule has 1 aromatic heterocycles. The number of aromatic nitrogens is 2. The number of nitrogens with two attached hydrogens (primary N) is 1. The average Bonchev–Trinajstić information content (AvgIpc) is 3.04. The number of anilines is 2. The summed E-state index contributed by atoms with van der Waals surface area (Å²) in [5, 5.41) is 11.9. The first-order chi connectivity index (χ1) is 12.6. The van der Waals surface area contributed by atoms with E-state index in [4.69, 9.17) is 5.73 Å². The third kappa shape index (κ3) is 3.72. The molecule has 3 aromatic rings. The van der Waals surface area contributed by atoms with E-state index in [1.54, 1.807) is 6.07 Å². The second-order valence-electron chi connectivity index (χ2n) is 5.77. The molecule has 0 saturated heterocycles. The Hall–Kier alpha value is -3.61. The fourth-order valence-electron chi connectivity index (χ4n) is 2.57. The number of benzene rings is 2. The first-order valence-corrected chi connectivity index (χ1v) is 8.09. The number of amides is 2. The van der Waals surface area contributed by atoms with Gasteiger partial charge in [-0.15, -0.1) is 0 Å². The van der Waals surface area contributed by atoms with Gasteiger partial charge in [0, 0.05) is 5.69 Å². The van der Waals surface area contributed by atoms with Gasteiger partial charge in [0.05, 0.1) is 12.1 Å². The maximum absolute atomic E-state index is 12.5. The molecule has 0 spiro atoms. The number of nitrogen functional groups attached to an aromatic ring is 1. The Labute approximate surface area is 150 Å². The van der Waals surface area contributed by atoms with E-state index in [0.29, 0.717) is 11.3 Å². The highest BCUT2D eigenvalue weighted by molar-refractivity contribution is 6.04. The van der Waals surface area contributed by atoms with Crippen LogP contribution in [0.25, 0.3) is 11.1 Å². The van der Waals surface area contributed by atoms with Crippen molar-refractivity contribution in [2.45, 2.75) is 6.92 Å². The second kappa shape index (κ2) is 7.52. The SMILES string of the molecule is Cc1ccccc1NC(=O)CNC(=O)c1[nH]nc(N)c1-c1ccccc1. The summed E-state index contributed by atoms with van der Waals surface area (Å²) in [6, 6.07) is 16.7. The number of hydrogen-bond acceptors (Lipinski definition) is 4. The quantitative estimate of drug-likeness (QED) is 0.566. The fourth-order valence-corrected chi connectivity index (χ4v) is 2.57. The third-order valence-electron chi connectivity index (χ3n) is 3.91. The Kier molecular flexibility index (Phi) is 4.98. The molecule has 0 saturated carbocycles. The van der Waals surface area contributed by atoms with E-state index in [2.05, 4.69) is 20.8 Å². The molecular weight excluding hydrogens is 330 g/mol. The molecule has 132 valence electrons. The van der Waals surface area contributed by atoms with Gasteiger partial charge in [0.1, 0.15) is 5.69 Å². The van der Waals surface area contributed by atoms with E-state index >= 15 is 0 Å². The van der Waals surface area contributed by atoms with Crippen molar-refractivity contribution >= 4 is 23.3 Å². The number of para-hydroxylation sites is 1. The summed E-state index contributed by atoms with van der Waals surface area (Å²) in [5.41, 5.74) is 9.05. The second-order valence-corrected chi connectivity index (χ2v) is 5.77. The zero-order valence-corrected chi connectivity index (χ0v) is 14.2. The van der Waals surface area contributed by atoms with E-state index in [1.807, 2.05) is 55.5 Å². The Bertz CT molecular complexity index is 934.